The van der Waals surface area contributed by atoms with E-state index in [2.05, 4.69) is 19.2 Å². The van der Waals surface area contributed by atoms with Crippen LogP contribution in [0.2, 0.25) is 0 Å². The van der Waals surface area contributed by atoms with Crippen LogP contribution in [0.25, 0.3) is 0 Å². The third-order valence-electron chi connectivity index (χ3n) is 5.17. The number of aliphatic carboxylic acids is 1. The molecule has 0 bridgehead atoms. The SMILES string of the molecule is CCOC1CC(NC(=O)CC(C)(C(=O)O)C(C)C)C1(C)C. The van der Waals surface area contributed by atoms with Crippen LogP contribution >= 0.6 is 0 Å². The van der Waals surface area contributed by atoms with Gasteiger partial charge in [0, 0.05) is 24.5 Å². The van der Waals surface area contributed by atoms with Crippen molar-refractivity contribution in [2.45, 2.75) is 66.5 Å². The highest BCUT2D eigenvalue weighted by molar-refractivity contribution is 5.85. The van der Waals surface area contributed by atoms with Crippen LogP contribution in [0.15, 0.2) is 0 Å². The van der Waals surface area contributed by atoms with Crippen molar-refractivity contribution in [3.8, 4) is 0 Å². The summed E-state index contributed by atoms with van der Waals surface area (Å²) < 4.78 is 5.64. The number of hydrogen-bond acceptors (Lipinski definition) is 3. The predicted molar refractivity (Wildman–Crippen MR) is 80.9 cm³/mol. The van der Waals surface area contributed by atoms with Gasteiger partial charge in [-0.15, -0.1) is 0 Å². The van der Waals surface area contributed by atoms with Crippen LogP contribution in [-0.2, 0) is 14.3 Å². The van der Waals surface area contributed by atoms with Gasteiger partial charge in [-0.2, -0.15) is 0 Å². The van der Waals surface area contributed by atoms with Gasteiger partial charge >= 0.3 is 5.97 Å². The van der Waals surface area contributed by atoms with Gasteiger partial charge in [-0.1, -0.05) is 27.7 Å². The van der Waals surface area contributed by atoms with E-state index < -0.39 is 11.4 Å². The first kappa shape index (κ1) is 18.0. The molecular weight excluding hydrogens is 270 g/mol. The number of carboxylic acids is 1. The highest BCUT2D eigenvalue weighted by Gasteiger charge is 2.50. The van der Waals surface area contributed by atoms with Crippen molar-refractivity contribution >= 4 is 11.9 Å². The third-order valence-corrected chi connectivity index (χ3v) is 5.17. The summed E-state index contributed by atoms with van der Waals surface area (Å²) >= 11 is 0. The van der Waals surface area contributed by atoms with Crippen molar-refractivity contribution in [1.29, 1.82) is 0 Å². The van der Waals surface area contributed by atoms with E-state index in [4.69, 9.17) is 4.74 Å². The topological polar surface area (TPSA) is 75.6 Å². The van der Waals surface area contributed by atoms with E-state index in [1.165, 1.54) is 0 Å². The number of carbonyl (C=O) groups excluding carboxylic acids is 1. The Balaban J connectivity index is 2.61. The van der Waals surface area contributed by atoms with Gasteiger partial charge in [-0.3, -0.25) is 9.59 Å². The van der Waals surface area contributed by atoms with Crippen LogP contribution in [0.3, 0.4) is 0 Å². The molecule has 5 heteroatoms. The minimum Gasteiger partial charge on any atom is -0.481 e. The van der Waals surface area contributed by atoms with Crippen molar-refractivity contribution in [3.63, 3.8) is 0 Å². The van der Waals surface area contributed by atoms with E-state index in [1.54, 1.807) is 6.92 Å². The molecule has 0 saturated heterocycles. The maximum atomic E-state index is 12.2. The summed E-state index contributed by atoms with van der Waals surface area (Å²) in [6, 6.07) is 0.0479. The highest BCUT2D eigenvalue weighted by atomic mass is 16.5. The number of ether oxygens (including phenoxy) is 1. The number of nitrogens with one attached hydrogen (secondary N) is 1. The summed E-state index contributed by atoms with van der Waals surface area (Å²) in [5.41, 5.74) is -1.14. The minimum absolute atomic E-state index is 0.00583. The average Bonchev–Trinajstić information content (AvgIpc) is 2.36. The molecule has 0 aromatic carbocycles. The van der Waals surface area contributed by atoms with Gasteiger partial charge in [0.15, 0.2) is 0 Å². The smallest absolute Gasteiger partial charge is 0.310 e. The fraction of sp³-hybridized carbons (Fsp3) is 0.875. The second kappa shape index (κ2) is 6.34. The summed E-state index contributed by atoms with van der Waals surface area (Å²) in [6.45, 7) is 12.1. The van der Waals surface area contributed by atoms with Gasteiger partial charge in [-0.25, -0.2) is 0 Å². The summed E-state index contributed by atoms with van der Waals surface area (Å²) in [5, 5.41) is 12.4. The van der Waals surface area contributed by atoms with Gasteiger partial charge < -0.3 is 15.2 Å². The van der Waals surface area contributed by atoms with Crippen LogP contribution in [0.5, 0.6) is 0 Å². The largest absolute Gasteiger partial charge is 0.481 e. The summed E-state index contributed by atoms with van der Waals surface area (Å²) in [4.78, 5) is 23.6. The second-order valence-electron chi connectivity index (χ2n) is 7.18. The molecule has 5 nitrogen and oxygen atoms in total. The maximum Gasteiger partial charge on any atom is 0.310 e. The lowest BCUT2D eigenvalue weighted by atomic mass is 9.64. The van der Waals surface area contributed by atoms with Gasteiger partial charge in [0.1, 0.15) is 0 Å². The molecule has 122 valence electrons. The Kier molecular flexibility index (Phi) is 5.42. The maximum absolute atomic E-state index is 12.2. The molecule has 0 radical (unpaired) electrons. The first-order chi connectivity index (χ1) is 9.55. The first-order valence-electron chi connectivity index (χ1n) is 7.70. The lowest BCUT2D eigenvalue weighted by Crippen LogP contribution is -2.62. The Morgan fingerprint density at radius 1 is 1.43 bits per heavy atom. The first-order valence-corrected chi connectivity index (χ1v) is 7.70. The molecule has 3 unspecified atom stereocenters. The quantitative estimate of drug-likeness (QED) is 0.757. The standard InChI is InChI=1S/C16H29NO4/c1-7-21-12-8-11(15(12,4)5)17-13(18)9-16(6,10(2)3)14(19)20/h10-12H,7-9H2,1-6H3,(H,17,18)(H,19,20). The molecule has 3 atom stereocenters. The molecule has 0 aliphatic heterocycles. The van der Waals surface area contributed by atoms with E-state index in [1.807, 2.05) is 20.8 Å². The van der Waals surface area contributed by atoms with E-state index in [0.29, 0.717) is 6.61 Å². The zero-order chi connectivity index (χ0) is 16.4. The number of carbonyl (C=O) groups is 2. The van der Waals surface area contributed by atoms with Crippen LogP contribution in [-0.4, -0.2) is 35.7 Å². The normalized spacial score (nSPS) is 26.8. The predicted octanol–water partition coefficient (Wildman–Crippen LogP) is 2.44. The molecule has 1 fully saturated rings. The Morgan fingerprint density at radius 3 is 2.38 bits per heavy atom. The van der Waals surface area contributed by atoms with Crippen molar-refractivity contribution in [2.24, 2.45) is 16.7 Å². The molecule has 21 heavy (non-hydrogen) atoms. The van der Waals surface area contributed by atoms with Gasteiger partial charge in [0.2, 0.25) is 5.91 Å². The van der Waals surface area contributed by atoms with Crippen LogP contribution < -0.4 is 5.32 Å². The molecular formula is C16H29NO4. The van der Waals surface area contributed by atoms with Crippen molar-refractivity contribution in [1.82, 2.24) is 5.32 Å². The fourth-order valence-electron chi connectivity index (χ4n) is 2.72. The van der Waals surface area contributed by atoms with E-state index >= 15 is 0 Å². The van der Waals surface area contributed by atoms with Crippen molar-refractivity contribution in [3.05, 3.63) is 0 Å². The lowest BCUT2D eigenvalue weighted by molar-refractivity contribution is -0.155. The Morgan fingerprint density at radius 2 is 2.00 bits per heavy atom. The monoisotopic (exact) mass is 299 g/mol. The van der Waals surface area contributed by atoms with Crippen LogP contribution in [0, 0.1) is 16.7 Å². The summed E-state index contributed by atoms with van der Waals surface area (Å²) in [5.74, 6) is -1.22. The number of rotatable bonds is 7. The van der Waals surface area contributed by atoms with Gasteiger partial charge in [0.05, 0.1) is 11.5 Å². The van der Waals surface area contributed by atoms with Gasteiger partial charge in [-0.05, 0) is 26.2 Å². The molecule has 0 spiro atoms. The Hall–Kier alpha value is -1.10. The number of amides is 1. The van der Waals surface area contributed by atoms with Crippen molar-refractivity contribution in [2.75, 3.05) is 6.61 Å². The Labute approximate surface area is 127 Å². The molecule has 0 aromatic heterocycles. The number of carboxylic acid groups (broad SMARTS) is 1. The molecule has 1 amide bonds. The number of hydrogen-bond donors (Lipinski definition) is 2. The lowest BCUT2D eigenvalue weighted by Gasteiger charge is -2.51. The third kappa shape index (κ3) is 3.57. The van der Waals surface area contributed by atoms with Gasteiger partial charge in [0.25, 0.3) is 0 Å². The summed E-state index contributed by atoms with van der Waals surface area (Å²) in [6.07, 6.45) is 0.952. The molecule has 1 saturated carbocycles. The molecule has 1 aliphatic carbocycles. The second-order valence-corrected chi connectivity index (χ2v) is 7.18. The zero-order valence-electron chi connectivity index (χ0n) is 14.0. The molecule has 1 aliphatic rings. The van der Waals surface area contributed by atoms with E-state index in [9.17, 15) is 14.7 Å². The molecule has 0 aromatic rings. The molecule has 0 heterocycles. The Bertz CT molecular complexity index is 405. The van der Waals surface area contributed by atoms with Crippen LogP contribution in [0.4, 0.5) is 0 Å². The van der Waals surface area contributed by atoms with Crippen molar-refractivity contribution < 1.29 is 19.4 Å². The molecule has 2 N–H and O–H groups in total. The average molecular weight is 299 g/mol. The summed E-state index contributed by atoms with van der Waals surface area (Å²) in [7, 11) is 0. The molecule has 1 rings (SSSR count). The van der Waals surface area contributed by atoms with E-state index in [-0.39, 0.29) is 35.8 Å². The minimum atomic E-state index is -1.03. The highest BCUT2D eigenvalue weighted by Crippen LogP contribution is 2.43. The zero-order valence-corrected chi connectivity index (χ0v) is 14.0. The van der Waals surface area contributed by atoms with E-state index in [0.717, 1.165) is 6.42 Å². The fourth-order valence-corrected chi connectivity index (χ4v) is 2.72. The van der Waals surface area contributed by atoms with Crippen LogP contribution in [0.1, 0.15) is 54.4 Å².